The summed E-state index contributed by atoms with van der Waals surface area (Å²) in [6, 6.07) is 3.88. The smallest absolute Gasteiger partial charge is 0.220 e. The van der Waals surface area contributed by atoms with Crippen molar-refractivity contribution in [3.05, 3.63) is 23.9 Å². The van der Waals surface area contributed by atoms with Crippen LogP contribution in [-0.4, -0.2) is 17.0 Å². The molecule has 0 spiro atoms. The maximum Gasteiger partial charge on any atom is 0.220 e. The molecular weight excluding hydrogens is 216 g/mol. The predicted octanol–water partition coefficient (Wildman–Crippen LogP) is 1.81. The van der Waals surface area contributed by atoms with Crippen molar-refractivity contribution in [3.63, 3.8) is 0 Å². The first kappa shape index (κ1) is 11.9. The summed E-state index contributed by atoms with van der Waals surface area (Å²) >= 11 is 0. The van der Waals surface area contributed by atoms with Gasteiger partial charge in [-0.05, 0) is 38.7 Å². The van der Waals surface area contributed by atoms with Gasteiger partial charge in [0.25, 0.3) is 0 Å². The van der Waals surface area contributed by atoms with Crippen LogP contribution in [-0.2, 0) is 4.79 Å². The molecule has 4 nitrogen and oxygen atoms in total. The molecule has 0 bridgehead atoms. The number of primary amides is 1. The summed E-state index contributed by atoms with van der Waals surface area (Å²) in [5.41, 5.74) is 6.34. The molecule has 1 aromatic heterocycles. The third kappa shape index (κ3) is 2.96. The zero-order valence-electron chi connectivity index (χ0n) is 10.1. The molecule has 0 radical (unpaired) electrons. The van der Waals surface area contributed by atoms with Gasteiger partial charge in [0.15, 0.2) is 0 Å². The number of nitrogens with two attached hydrogens (primary N) is 1. The van der Waals surface area contributed by atoms with Crippen LogP contribution in [0.2, 0.25) is 0 Å². The van der Waals surface area contributed by atoms with Gasteiger partial charge in [0.2, 0.25) is 11.8 Å². The van der Waals surface area contributed by atoms with E-state index in [9.17, 15) is 4.79 Å². The summed E-state index contributed by atoms with van der Waals surface area (Å²) in [6.45, 7) is 1.98. The highest BCUT2D eigenvalue weighted by Gasteiger charge is 2.26. The van der Waals surface area contributed by atoms with Crippen molar-refractivity contribution in [2.45, 2.75) is 38.7 Å². The number of pyridine rings is 1. The van der Waals surface area contributed by atoms with Crippen LogP contribution in [0.5, 0.6) is 5.88 Å². The number of rotatable bonds is 3. The van der Waals surface area contributed by atoms with Gasteiger partial charge in [-0.2, -0.15) is 0 Å². The Bertz CT molecular complexity index is 398. The average Bonchev–Trinajstić information content (AvgIpc) is 2.33. The fraction of sp³-hybridized carbons (Fsp3) is 0.538. The topological polar surface area (TPSA) is 65.2 Å². The molecule has 0 aliphatic heterocycles. The minimum Gasteiger partial charge on any atom is -0.474 e. The zero-order valence-corrected chi connectivity index (χ0v) is 10.1. The van der Waals surface area contributed by atoms with Gasteiger partial charge in [0, 0.05) is 17.7 Å². The first-order valence-electron chi connectivity index (χ1n) is 6.04. The van der Waals surface area contributed by atoms with E-state index >= 15 is 0 Å². The molecule has 2 N–H and O–H groups in total. The molecule has 4 heteroatoms. The SMILES string of the molecule is Cc1cccnc1OC1CCC(C(N)=O)CC1. The van der Waals surface area contributed by atoms with Crippen molar-refractivity contribution < 1.29 is 9.53 Å². The zero-order chi connectivity index (χ0) is 12.3. The normalized spacial score (nSPS) is 24.3. The van der Waals surface area contributed by atoms with Crippen LogP contribution in [0.25, 0.3) is 0 Å². The number of amides is 1. The highest BCUT2D eigenvalue weighted by Crippen LogP contribution is 2.27. The van der Waals surface area contributed by atoms with E-state index in [0.717, 1.165) is 31.2 Å². The Morgan fingerprint density at radius 1 is 1.41 bits per heavy atom. The van der Waals surface area contributed by atoms with Crippen LogP contribution in [0.15, 0.2) is 18.3 Å². The number of aryl methyl sites for hydroxylation is 1. The van der Waals surface area contributed by atoms with E-state index in [1.54, 1.807) is 6.20 Å². The van der Waals surface area contributed by atoms with Crippen molar-refractivity contribution in [3.8, 4) is 5.88 Å². The summed E-state index contributed by atoms with van der Waals surface area (Å²) in [5.74, 6) is 0.548. The summed E-state index contributed by atoms with van der Waals surface area (Å²) in [4.78, 5) is 15.3. The Balaban J connectivity index is 1.90. The van der Waals surface area contributed by atoms with E-state index in [0.29, 0.717) is 5.88 Å². The standard InChI is InChI=1S/C13H18N2O2/c1-9-3-2-8-15-13(9)17-11-6-4-10(5-7-11)12(14)16/h2-3,8,10-11H,4-7H2,1H3,(H2,14,16). The van der Waals surface area contributed by atoms with Crippen molar-refractivity contribution in [1.29, 1.82) is 0 Å². The first-order valence-corrected chi connectivity index (χ1v) is 6.04. The Kier molecular flexibility index (Phi) is 3.61. The molecule has 92 valence electrons. The highest BCUT2D eigenvalue weighted by molar-refractivity contribution is 5.76. The largest absolute Gasteiger partial charge is 0.474 e. The second kappa shape index (κ2) is 5.17. The van der Waals surface area contributed by atoms with E-state index in [1.807, 2.05) is 19.1 Å². The van der Waals surface area contributed by atoms with E-state index in [4.69, 9.17) is 10.5 Å². The molecular formula is C13H18N2O2. The minimum absolute atomic E-state index is 0.0275. The highest BCUT2D eigenvalue weighted by atomic mass is 16.5. The predicted molar refractivity (Wildman–Crippen MR) is 64.5 cm³/mol. The number of hydrogen-bond donors (Lipinski definition) is 1. The molecule has 1 aliphatic carbocycles. The minimum atomic E-state index is -0.183. The van der Waals surface area contributed by atoms with E-state index in [-0.39, 0.29) is 17.9 Å². The van der Waals surface area contributed by atoms with Crippen LogP contribution in [0, 0.1) is 12.8 Å². The lowest BCUT2D eigenvalue weighted by Gasteiger charge is -2.27. The molecule has 2 rings (SSSR count). The summed E-state index contributed by atoms with van der Waals surface area (Å²) in [5, 5.41) is 0. The summed E-state index contributed by atoms with van der Waals surface area (Å²) in [6.07, 6.45) is 5.31. The Hall–Kier alpha value is -1.58. The van der Waals surface area contributed by atoms with Gasteiger partial charge in [-0.1, -0.05) is 6.07 Å². The number of nitrogens with zero attached hydrogens (tertiary/aromatic N) is 1. The van der Waals surface area contributed by atoms with Crippen molar-refractivity contribution >= 4 is 5.91 Å². The van der Waals surface area contributed by atoms with E-state index in [1.165, 1.54) is 0 Å². The van der Waals surface area contributed by atoms with Crippen LogP contribution in [0.4, 0.5) is 0 Å². The lowest BCUT2D eigenvalue weighted by Crippen LogP contribution is -2.31. The van der Waals surface area contributed by atoms with Crippen molar-refractivity contribution in [1.82, 2.24) is 4.98 Å². The molecule has 1 amide bonds. The average molecular weight is 234 g/mol. The van der Waals surface area contributed by atoms with Gasteiger partial charge in [0.05, 0.1) is 0 Å². The maximum atomic E-state index is 11.0. The van der Waals surface area contributed by atoms with Gasteiger partial charge in [-0.3, -0.25) is 4.79 Å². The van der Waals surface area contributed by atoms with E-state index < -0.39 is 0 Å². The molecule has 0 atom stereocenters. The number of ether oxygens (including phenoxy) is 1. The van der Waals surface area contributed by atoms with Crippen LogP contribution >= 0.6 is 0 Å². The Morgan fingerprint density at radius 2 is 2.12 bits per heavy atom. The second-order valence-corrected chi connectivity index (χ2v) is 4.62. The number of hydrogen-bond acceptors (Lipinski definition) is 3. The van der Waals surface area contributed by atoms with Gasteiger partial charge in [-0.15, -0.1) is 0 Å². The molecule has 0 aromatic carbocycles. The van der Waals surface area contributed by atoms with Gasteiger partial charge in [-0.25, -0.2) is 4.98 Å². The molecule has 1 saturated carbocycles. The summed E-state index contributed by atoms with van der Waals surface area (Å²) < 4.78 is 5.85. The third-order valence-corrected chi connectivity index (χ3v) is 3.32. The molecule has 1 heterocycles. The third-order valence-electron chi connectivity index (χ3n) is 3.32. The fourth-order valence-electron chi connectivity index (χ4n) is 2.22. The monoisotopic (exact) mass is 234 g/mol. The maximum absolute atomic E-state index is 11.0. The fourth-order valence-corrected chi connectivity index (χ4v) is 2.22. The molecule has 0 saturated heterocycles. The van der Waals surface area contributed by atoms with Gasteiger partial charge in [0.1, 0.15) is 6.10 Å². The number of aromatic nitrogens is 1. The van der Waals surface area contributed by atoms with Crippen LogP contribution in [0.1, 0.15) is 31.2 Å². The molecule has 0 unspecified atom stereocenters. The second-order valence-electron chi connectivity index (χ2n) is 4.62. The lowest BCUT2D eigenvalue weighted by molar-refractivity contribution is -0.123. The van der Waals surface area contributed by atoms with Crippen LogP contribution in [0.3, 0.4) is 0 Å². The Morgan fingerprint density at radius 3 is 2.71 bits per heavy atom. The molecule has 1 aliphatic rings. The molecule has 17 heavy (non-hydrogen) atoms. The van der Waals surface area contributed by atoms with Crippen LogP contribution < -0.4 is 10.5 Å². The first-order chi connectivity index (χ1) is 8.16. The summed E-state index contributed by atoms with van der Waals surface area (Å²) in [7, 11) is 0. The number of carbonyl (C=O) groups is 1. The lowest BCUT2D eigenvalue weighted by atomic mass is 9.87. The number of carbonyl (C=O) groups excluding carboxylic acids is 1. The molecule has 1 fully saturated rings. The quantitative estimate of drug-likeness (QED) is 0.867. The van der Waals surface area contributed by atoms with E-state index in [2.05, 4.69) is 4.98 Å². The van der Waals surface area contributed by atoms with Crippen molar-refractivity contribution in [2.75, 3.05) is 0 Å². The van der Waals surface area contributed by atoms with Gasteiger partial charge >= 0.3 is 0 Å². The molecule has 1 aromatic rings. The Labute approximate surface area is 101 Å². The van der Waals surface area contributed by atoms with Crippen molar-refractivity contribution in [2.24, 2.45) is 11.7 Å². The van der Waals surface area contributed by atoms with Gasteiger partial charge < -0.3 is 10.5 Å².